The predicted octanol–water partition coefficient (Wildman–Crippen LogP) is 5.92. The van der Waals surface area contributed by atoms with Gasteiger partial charge in [0.25, 0.3) is 11.6 Å². The first-order chi connectivity index (χ1) is 12.7. The number of hydrogen-bond acceptors (Lipinski definition) is 5. The lowest BCUT2D eigenvalue weighted by Gasteiger charge is -2.17. The second-order valence-electron chi connectivity index (χ2n) is 5.89. The van der Waals surface area contributed by atoms with E-state index in [0.29, 0.717) is 20.5 Å². The van der Waals surface area contributed by atoms with Gasteiger partial charge in [-0.25, -0.2) is 0 Å². The SMILES string of the molecule is Cc1ccc(N2C(=O)/C(=C\c3cc([N+](=O)[O-])c(Cl)cc3Cl)SC2=S)c(C)c1. The largest absolute Gasteiger partial charge is 0.288 e. The molecule has 1 aliphatic rings. The number of halogens is 2. The van der Waals surface area contributed by atoms with E-state index in [1.807, 2.05) is 32.0 Å². The molecule has 1 fully saturated rings. The summed E-state index contributed by atoms with van der Waals surface area (Å²) in [5.74, 6) is -0.300. The number of amides is 1. The summed E-state index contributed by atoms with van der Waals surface area (Å²) < 4.78 is 0.387. The third-order valence-corrected chi connectivity index (χ3v) is 5.87. The zero-order valence-corrected chi connectivity index (χ0v) is 17.3. The van der Waals surface area contributed by atoms with E-state index in [9.17, 15) is 14.9 Å². The Kier molecular flexibility index (Phi) is 5.58. The minimum atomic E-state index is -0.600. The second-order valence-corrected chi connectivity index (χ2v) is 8.38. The van der Waals surface area contributed by atoms with E-state index in [1.165, 1.54) is 23.1 Å². The van der Waals surface area contributed by atoms with Crippen molar-refractivity contribution in [1.29, 1.82) is 0 Å². The molecule has 0 aliphatic carbocycles. The van der Waals surface area contributed by atoms with Gasteiger partial charge in [-0.2, -0.15) is 0 Å². The zero-order chi connectivity index (χ0) is 19.9. The summed E-state index contributed by atoms with van der Waals surface area (Å²) in [6.45, 7) is 3.88. The lowest BCUT2D eigenvalue weighted by molar-refractivity contribution is -0.384. The minimum absolute atomic E-state index is 0.0648. The van der Waals surface area contributed by atoms with E-state index in [1.54, 1.807) is 0 Å². The van der Waals surface area contributed by atoms with Gasteiger partial charge in [-0.3, -0.25) is 19.8 Å². The number of benzene rings is 2. The molecule has 138 valence electrons. The van der Waals surface area contributed by atoms with E-state index >= 15 is 0 Å². The number of nitro groups is 1. The van der Waals surface area contributed by atoms with Crippen molar-refractivity contribution in [3.63, 3.8) is 0 Å². The highest BCUT2D eigenvalue weighted by Crippen LogP contribution is 2.39. The van der Waals surface area contributed by atoms with Crippen LogP contribution in [0.15, 0.2) is 35.2 Å². The van der Waals surface area contributed by atoms with Gasteiger partial charge in [-0.1, -0.05) is 64.9 Å². The molecule has 2 aromatic rings. The lowest BCUT2D eigenvalue weighted by atomic mass is 10.1. The topological polar surface area (TPSA) is 63.5 Å². The summed E-state index contributed by atoms with van der Waals surface area (Å²) in [5.41, 5.74) is 2.76. The number of anilines is 1. The van der Waals surface area contributed by atoms with Gasteiger partial charge in [0.2, 0.25) is 0 Å². The second kappa shape index (κ2) is 7.59. The summed E-state index contributed by atoms with van der Waals surface area (Å²) in [5, 5.41) is 11.2. The number of thiocarbonyl (C=S) groups is 1. The molecule has 3 rings (SSSR count). The van der Waals surface area contributed by atoms with Crippen molar-refractivity contribution in [2.45, 2.75) is 13.8 Å². The number of carbonyl (C=O) groups excluding carboxylic acids is 1. The Morgan fingerprint density at radius 1 is 1.19 bits per heavy atom. The highest BCUT2D eigenvalue weighted by molar-refractivity contribution is 8.27. The average Bonchev–Trinajstić information content (AvgIpc) is 2.84. The Balaban J connectivity index is 2.02. The van der Waals surface area contributed by atoms with Crippen LogP contribution in [0, 0.1) is 24.0 Å². The number of nitro benzene ring substituents is 1. The monoisotopic (exact) mass is 438 g/mol. The minimum Gasteiger partial charge on any atom is -0.268 e. The fourth-order valence-corrected chi connectivity index (χ4v) is 4.46. The van der Waals surface area contributed by atoms with E-state index < -0.39 is 4.92 Å². The van der Waals surface area contributed by atoms with Crippen LogP contribution in [0.4, 0.5) is 11.4 Å². The maximum Gasteiger partial charge on any atom is 0.288 e. The number of hydrogen-bond donors (Lipinski definition) is 0. The van der Waals surface area contributed by atoms with Gasteiger partial charge in [-0.15, -0.1) is 0 Å². The maximum absolute atomic E-state index is 12.9. The first kappa shape index (κ1) is 19.8. The van der Waals surface area contributed by atoms with Gasteiger partial charge < -0.3 is 0 Å². The van der Waals surface area contributed by atoms with E-state index in [4.69, 9.17) is 35.4 Å². The maximum atomic E-state index is 12.9. The molecule has 0 atom stereocenters. The van der Waals surface area contributed by atoms with E-state index in [-0.39, 0.29) is 21.6 Å². The van der Waals surface area contributed by atoms with Crippen LogP contribution in [0.1, 0.15) is 16.7 Å². The highest BCUT2D eigenvalue weighted by Gasteiger charge is 2.34. The van der Waals surface area contributed by atoms with Crippen molar-refractivity contribution in [2.24, 2.45) is 0 Å². The summed E-state index contributed by atoms with van der Waals surface area (Å²) in [4.78, 5) is 25.2. The van der Waals surface area contributed by atoms with Gasteiger partial charge in [0.1, 0.15) is 5.02 Å². The molecule has 2 aromatic carbocycles. The van der Waals surface area contributed by atoms with Crippen LogP contribution < -0.4 is 4.90 Å². The first-order valence-corrected chi connectivity index (χ1v) is 9.65. The van der Waals surface area contributed by atoms with Gasteiger partial charge >= 0.3 is 0 Å². The Labute approximate surface area is 175 Å². The molecule has 0 spiro atoms. The Hall–Kier alpha value is -1.93. The van der Waals surface area contributed by atoms with Crippen molar-refractivity contribution in [2.75, 3.05) is 4.90 Å². The van der Waals surface area contributed by atoms with Crippen LogP contribution in [0.2, 0.25) is 10.0 Å². The highest BCUT2D eigenvalue weighted by atomic mass is 35.5. The quantitative estimate of drug-likeness (QED) is 0.257. The molecule has 0 aromatic heterocycles. The van der Waals surface area contributed by atoms with Crippen molar-refractivity contribution in [3.8, 4) is 0 Å². The van der Waals surface area contributed by atoms with Crippen LogP contribution >= 0.6 is 47.2 Å². The van der Waals surface area contributed by atoms with Crippen LogP contribution in [0.3, 0.4) is 0 Å². The van der Waals surface area contributed by atoms with E-state index in [2.05, 4.69) is 0 Å². The lowest BCUT2D eigenvalue weighted by Crippen LogP contribution is -2.28. The molecule has 0 unspecified atom stereocenters. The fourth-order valence-electron chi connectivity index (χ4n) is 2.68. The normalized spacial score (nSPS) is 15.7. The fraction of sp³-hybridized carbons (Fsp3) is 0.111. The molecule has 1 amide bonds. The van der Waals surface area contributed by atoms with E-state index in [0.717, 1.165) is 22.9 Å². The summed E-state index contributed by atoms with van der Waals surface area (Å²) in [7, 11) is 0. The molecule has 0 radical (unpaired) electrons. The van der Waals surface area contributed by atoms with Crippen LogP contribution in [-0.4, -0.2) is 15.2 Å². The smallest absolute Gasteiger partial charge is 0.268 e. The predicted molar refractivity (Wildman–Crippen MR) is 115 cm³/mol. The Bertz CT molecular complexity index is 1040. The van der Waals surface area contributed by atoms with Crippen LogP contribution in [0.5, 0.6) is 0 Å². The molecule has 0 N–H and O–H groups in total. The van der Waals surface area contributed by atoms with Crippen molar-refractivity contribution >= 4 is 74.9 Å². The summed E-state index contributed by atoms with van der Waals surface area (Å²) in [6, 6.07) is 8.26. The molecule has 0 bridgehead atoms. The molecule has 0 saturated carbocycles. The standard InChI is InChI=1S/C18H12Cl2N2O3S2/c1-9-3-4-14(10(2)5-9)21-17(23)16(27-18(21)26)7-11-6-15(22(24)25)13(20)8-12(11)19/h3-8H,1-2H3/b16-7+. The molecular weight excluding hydrogens is 427 g/mol. The van der Waals surface area contributed by atoms with Crippen LogP contribution in [0.25, 0.3) is 6.08 Å². The number of rotatable bonds is 3. The molecule has 1 heterocycles. The zero-order valence-electron chi connectivity index (χ0n) is 14.2. The number of thioether (sulfide) groups is 1. The van der Waals surface area contributed by atoms with Crippen LogP contribution in [-0.2, 0) is 4.79 Å². The molecule has 1 saturated heterocycles. The Morgan fingerprint density at radius 3 is 2.52 bits per heavy atom. The molecule has 27 heavy (non-hydrogen) atoms. The number of nitrogens with zero attached hydrogens (tertiary/aromatic N) is 2. The van der Waals surface area contributed by atoms with Gasteiger partial charge in [0.05, 0.1) is 15.5 Å². The van der Waals surface area contributed by atoms with Gasteiger partial charge in [-0.05, 0) is 37.6 Å². The number of carbonyl (C=O) groups is 1. The third kappa shape index (κ3) is 3.87. The summed E-state index contributed by atoms with van der Waals surface area (Å²) >= 11 is 18.5. The molecule has 5 nitrogen and oxygen atoms in total. The van der Waals surface area contributed by atoms with Gasteiger partial charge in [0.15, 0.2) is 4.32 Å². The number of aryl methyl sites for hydroxylation is 2. The molecule has 1 aliphatic heterocycles. The van der Waals surface area contributed by atoms with Crippen molar-refractivity contribution in [1.82, 2.24) is 0 Å². The third-order valence-electron chi connectivity index (χ3n) is 3.94. The Morgan fingerprint density at radius 2 is 1.89 bits per heavy atom. The van der Waals surface area contributed by atoms with Crippen molar-refractivity contribution < 1.29 is 9.72 Å². The molecule has 9 heteroatoms. The molecular formula is C18H12Cl2N2O3S2. The van der Waals surface area contributed by atoms with Gasteiger partial charge in [0, 0.05) is 16.7 Å². The van der Waals surface area contributed by atoms with Crippen molar-refractivity contribution in [3.05, 3.63) is 72.1 Å². The summed E-state index contributed by atoms with van der Waals surface area (Å²) in [6.07, 6.45) is 1.49. The average molecular weight is 439 g/mol. The first-order valence-electron chi connectivity index (χ1n) is 7.67.